The van der Waals surface area contributed by atoms with E-state index in [2.05, 4.69) is 15.5 Å². The number of aromatic nitrogens is 1. The molecule has 0 aliphatic carbocycles. The molecule has 0 spiro atoms. The van der Waals surface area contributed by atoms with Crippen LogP contribution in [0.4, 0.5) is 14.9 Å². The highest BCUT2D eigenvalue weighted by Crippen LogP contribution is 2.30. The smallest absolute Gasteiger partial charge is 0.341 e. The van der Waals surface area contributed by atoms with Gasteiger partial charge in [-0.3, -0.25) is 4.98 Å². The minimum Gasteiger partial charge on any atom is -0.486 e. The van der Waals surface area contributed by atoms with Crippen LogP contribution in [0.5, 0.6) is 5.75 Å². The summed E-state index contributed by atoms with van der Waals surface area (Å²) in [4.78, 5) is 15.8. The van der Waals surface area contributed by atoms with Crippen molar-refractivity contribution in [2.24, 2.45) is 5.22 Å². The minimum atomic E-state index is -0.622. The third-order valence-corrected chi connectivity index (χ3v) is 4.36. The van der Waals surface area contributed by atoms with Crippen molar-refractivity contribution in [3.63, 3.8) is 0 Å². The van der Waals surface area contributed by atoms with Crippen LogP contribution in [0.3, 0.4) is 0 Å². The van der Waals surface area contributed by atoms with Crippen molar-refractivity contribution in [2.45, 2.75) is 20.5 Å². The predicted molar refractivity (Wildman–Crippen MR) is 107 cm³/mol. The Morgan fingerprint density at radius 1 is 1.17 bits per heavy atom. The number of hydrogen-bond donors (Lipinski definition) is 3. The quantitative estimate of drug-likeness (QED) is 0.399. The number of halogens is 1. The highest BCUT2D eigenvalue weighted by atomic mass is 19.1. The summed E-state index contributed by atoms with van der Waals surface area (Å²) in [6.07, 6.45) is 1.19. The molecule has 2 aromatic carbocycles. The molecule has 8 heteroatoms. The van der Waals surface area contributed by atoms with Gasteiger partial charge in [0.2, 0.25) is 0 Å². The summed E-state index contributed by atoms with van der Waals surface area (Å²) in [5.41, 5.74) is 13.6. The van der Waals surface area contributed by atoms with E-state index in [1.54, 1.807) is 18.2 Å². The molecule has 7 nitrogen and oxygen atoms in total. The molecule has 0 saturated heterocycles. The lowest BCUT2D eigenvalue weighted by Gasteiger charge is -2.16. The molecule has 1 heterocycles. The molecular formula is C21H20FN5O2. The number of pyridine rings is 1. The van der Waals surface area contributed by atoms with Gasteiger partial charge < -0.3 is 10.1 Å². The van der Waals surface area contributed by atoms with Gasteiger partial charge in [-0.25, -0.2) is 14.6 Å². The molecule has 0 saturated carbocycles. The van der Waals surface area contributed by atoms with Crippen molar-refractivity contribution >= 4 is 11.7 Å². The molecule has 2 amide bonds. The Morgan fingerprint density at radius 2 is 2.00 bits per heavy atom. The Kier molecular flexibility index (Phi) is 6.13. The Hall–Kier alpha value is -3.81. The molecule has 0 fully saturated rings. The van der Waals surface area contributed by atoms with Crippen molar-refractivity contribution in [3.8, 4) is 17.0 Å². The van der Waals surface area contributed by atoms with Crippen LogP contribution in [0, 0.1) is 25.2 Å². The Balaban J connectivity index is 1.77. The van der Waals surface area contributed by atoms with E-state index >= 15 is 0 Å². The second-order valence-corrected chi connectivity index (χ2v) is 6.42. The average molecular weight is 393 g/mol. The fourth-order valence-electron chi connectivity index (χ4n) is 2.86. The molecular weight excluding hydrogens is 373 g/mol. The maximum Gasteiger partial charge on any atom is 0.341 e. The fourth-order valence-corrected chi connectivity index (χ4v) is 2.86. The number of urea groups is 1. The number of benzene rings is 2. The summed E-state index contributed by atoms with van der Waals surface area (Å²) < 4.78 is 19.1. The molecule has 0 aliphatic rings. The van der Waals surface area contributed by atoms with E-state index in [1.807, 2.05) is 43.5 Å². The van der Waals surface area contributed by atoms with E-state index in [1.165, 1.54) is 12.3 Å². The second-order valence-electron chi connectivity index (χ2n) is 6.42. The first kappa shape index (κ1) is 19.9. The Morgan fingerprint density at radius 3 is 2.69 bits per heavy atom. The summed E-state index contributed by atoms with van der Waals surface area (Å²) in [5, 5.41) is 5.46. The van der Waals surface area contributed by atoms with E-state index in [4.69, 9.17) is 10.3 Å². The van der Waals surface area contributed by atoms with Gasteiger partial charge in [0.15, 0.2) is 0 Å². The molecule has 3 aromatic rings. The van der Waals surface area contributed by atoms with Gasteiger partial charge in [0.25, 0.3) is 0 Å². The van der Waals surface area contributed by atoms with Crippen LogP contribution in [0.15, 0.2) is 60.0 Å². The first-order chi connectivity index (χ1) is 14.0. The molecule has 0 radical (unpaired) electrons. The van der Waals surface area contributed by atoms with Gasteiger partial charge in [-0.2, -0.15) is 5.53 Å². The van der Waals surface area contributed by atoms with Crippen LogP contribution in [0.2, 0.25) is 0 Å². The number of para-hydroxylation sites is 1. The van der Waals surface area contributed by atoms with E-state index in [9.17, 15) is 9.18 Å². The van der Waals surface area contributed by atoms with Crippen LogP contribution in [-0.2, 0) is 6.61 Å². The van der Waals surface area contributed by atoms with Crippen molar-refractivity contribution in [1.82, 2.24) is 10.4 Å². The third-order valence-electron chi connectivity index (χ3n) is 4.36. The number of nitrogens with zero attached hydrogens (tertiary/aromatic N) is 2. The van der Waals surface area contributed by atoms with E-state index in [-0.39, 0.29) is 5.82 Å². The first-order valence-electron chi connectivity index (χ1n) is 8.85. The van der Waals surface area contributed by atoms with Crippen molar-refractivity contribution in [3.05, 3.63) is 77.2 Å². The third kappa shape index (κ3) is 4.92. The van der Waals surface area contributed by atoms with Crippen LogP contribution in [0.1, 0.15) is 16.7 Å². The zero-order chi connectivity index (χ0) is 20.8. The molecule has 1 aromatic heterocycles. The number of carbonyl (C=O) groups excluding carboxylic acids is 1. The van der Waals surface area contributed by atoms with Crippen LogP contribution >= 0.6 is 0 Å². The number of nitrogens with one attached hydrogen (secondary N) is 3. The number of ether oxygens (including phenoxy) is 1. The van der Waals surface area contributed by atoms with Crippen LogP contribution < -0.4 is 15.5 Å². The van der Waals surface area contributed by atoms with Crippen LogP contribution in [0.25, 0.3) is 11.3 Å². The number of carbonyl (C=O) groups is 1. The summed E-state index contributed by atoms with van der Waals surface area (Å²) >= 11 is 0. The summed E-state index contributed by atoms with van der Waals surface area (Å²) in [6.45, 7) is 4.14. The largest absolute Gasteiger partial charge is 0.486 e. The zero-order valence-electron chi connectivity index (χ0n) is 16.0. The SMILES string of the molecule is Cc1cc(-c2ccc(F)cn2)ccc1COc1c(C)cccc1NC(=O)NN=N. The van der Waals surface area contributed by atoms with Gasteiger partial charge in [0.05, 0.1) is 17.6 Å². The molecule has 29 heavy (non-hydrogen) atoms. The first-order valence-corrected chi connectivity index (χ1v) is 8.85. The van der Waals surface area contributed by atoms with E-state index in [0.717, 1.165) is 22.3 Å². The lowest BCUT2D eigenvalue weighted by Crippen LogP contribution is -2.23. The Bertz CT molecular complexity index is 1040. The topological polar surface area (TPSA) is 99.5 Å². The predicted octanol–water partition coefficient (Wildman–Crippen LogP) is 5.15. The summed E-state index contributed by atoms with van der Waals surface area (Å²) in [5.74, 6) is 0.166. The van der Waals surface area contributed by atoms with Gasteiger partial charge in [0.1, 0.15) is 18.2 Å². The van der Waals surface area contributed by atoms with Crippen LogP contribution in [-0.4, -0.2) is 11.0 Å². The Labute approximate surface area is 167 Å². The highest BCUT2D eigenvalue weighted by molar-refractivity contribution is 5.90. The van der Waals surface area contributed by atoms with Crippen molar-refractivity contribution in [2.75, 3.05) is 5.32 Å². The monoisotopic (exact) mass is 393 g/mol. The summed E-state index contributed by atoms with van der Waals surface area (Å²) in [6, 6.07) is 13.6. The lowest BCUT2D eigenvalue weighted by molar-refractivity contribution is 0.251. The molecule has 0 atom stereocenters. The molecule has 148 valence electrons. The van der Waals surface area contributed by atoms with E-state index < -0.39 is 6.03 Å². The minimum absolute atomic E-state index is 0.299. The average Bonchev–Trinajstić information content (AvgIpc) is 2.69. The number of anilines is 1. The van der Waals surface area contributed by atoms with Gasteiger partial charge >= 0.3 is 6.03 Å². The second kappa shape index (κ2) is 8.92. The molecule has 3 rings (SSSR count). The zero-order valence-corrected chi connectivity index (χ0v) is 16.0. The maximum atomic E-state index is 13.1. The maximum absolute atomic E-state index is 13.1. The van der Waals surface area contributed by atoms with Gasteiger partial charge in [-0.05, 0) is 54.8 Å². The van der Waals surface area contributed by atoms with Gasteiger partial charge in [-0.1, -0.05) is 29.5 Å². The normalized spacial score (nSPS) is 10.3. The number of amides is 2. The van der Waals surface area contributed by atoms with Gasteiger partial charge in [0, 0.05) is 5.56 Å². The number of aryl methyl sites for hydroxylation is 2. The standard InChI is InChI=1S/C21H20FN5O2/c1-13-4-3-5-19(25-21(28)26-27-23)20(13)29-12-16-7-6-15(10-14(16)2)18-9-8-17(22)11-24-18/h3-11H,12H2,1-2H3,(H3,23,25,26,28). The molecule has 3 N–H and O–H groups in total. The lowest BCUT2D eigenvalue weighted by atomic mass is 10.0. The molecule has 0 aliphatic heterocycles. The number of rotatable bonds is 6. The summed E-state index contributed by atoms with van der Waals surface area (Å²) in [7, 11) is 0. The number of hydrogen-bond acceptors (Lipinski definition) is 5. The van der Waals surface area contributed by atoms with Crippen molar-refractivity contribution < 1.29 is 13.9 Å². The van der Waals surface area contributed by atoms with Gasteiger partial charge in [-0.15, -0.1) is 0 Å². The van der Waals surface area contributed by atoms with Crippen molar-refractivity contribution in [1.29, 1.82) is 5.53 Å². The molecule has 0 bridgehead atoms. The molecule has 0 unspecified atom stereocenters. The van der Waals surface area contributed by atoms with E-state index in [0.29, 0.717) is 23.7 Å². The fraction of sp³-hybridized carbons (Fsp3) is 0.143. The highest BCUT2D eigenvalue weighted by Gasteiger charge is 2.11.